The highest BCUT2D eigenvalue weighted by molar-refractivity contribution is 7.47. The minimum atomic E-state index is -5.72. The Kier molecular flexibility index (Phi) is 52.8. The van der Waals surface area contributed by atoms with Gasteiger partial charge in [-0.05, 0) is 25.7 Å². The number of phosphoric ester groups is 1. The van der Waals surface area contributed by atoms with Crippen molar-refractivity contribution in [3.63, 3.8) is 0 Å². The highest BCUT2D eigenvalue weighted by atomic mass is 31.2. The van der Waals surface area contributed by atoms with Gasteiger partial charge in [-0.25, -0.2) is 9.36 Å². The summed E-state index contributed by atoms with van der Waals surface area (Å²) in [5.41, 5.74) is 0. The van der Waals surface area contributed by atoms with E-state index < -0.39 is 156 Å². The maximum Gasteiger partial charge on any atom is 0.472 e. The Morgan fingerprint density at radius 1 is 0.406 bits per heavy atom. The van der Waals surface area contributed by atoms with Crippen LogP contribution in [0.25, 0.3) is 0 Å². The van der Waals surface area contributed by atoms with Gasteiger partial charge in [0.1, 0.15) is 98.7 Å². The number of phosphoric acid groups is 1. The highest BCUT2D eigenvalue weighted by Gasteiger charge is 2.58. The zero-order chi connectivity index (χ0) is 73.9. The third kappa shape index (κ3) is 40.3. The molecule has 0 bridgehead atoms. The van der Waals surface area contributed by atoms with Crippen molar-refractivity contribution in [1.29, 1.82) is 0 Å². The molecule has 0 aromatic carbocycles. The quantitative estimate of drug-likeness (QED) is 0.00673. The van der Waals surface area contributed by atoms with E-state index in [9.17, 15) is 74.9 Å². The Balaban J connectivity index is 1.72. The van der Waals surface area contributed by atoms with Crippen LogP contribution in [0.15, 0.2) is 24.3 Å². The molecule has 0 spiro atoms. The lowest BCUT2D eigenvalue weighted by Gasteiger charge is -2.49. The van der Waals surface area contributed by atoms with E-state index in [1.807, 2.05) is 6.08 Å². The van der Waals surface area contributed by atoms with Crippen LogP contribution in [0.1, 0.15) is 310 Å². The molecule has 3 fully saturated rings. The summed E-state index contributed by atoms with van der Waals surface area (Å²) in [5, 5.41) is 110. The molecule has 1 saturated carbocycles. The monoisotopic (exact) mass is 1470 g/mol. The van der Waals surface area contributed by atoms with Crippen LogP contribution < -0.4 is 0 Å². The van der Waals surface area contributed by atoms with E-state index in [2.05, 4.69) is 20.8 Å². The summed E-state index contributed by atoms with van der Waals surface area (Å²) in [6.07, 6.45) is 20.1. The lowest BCUT2D eigenvalue weighted by atomic mass is 9.84. The second kappa shape index (κ2) is 57.6. The molecule has 0 radical (unpaired) electrons. The number of carbonyl (C=O) groups excluding carboxylic acids is 3. The molecule has 25 heteroatoms. The van der Waals surface area contributed by atoms with Gasteiger partial charge < -0.3 is 89.1 Å². The lowest BCUT2D eigenvalue weighted by Crippen LogP contribution is -2.69. The molecule has 1 aliphatic carbocycles. The van der Waals surface area contributed by atoms with E-state index in [1.165, 1.54) is 179 Å². The Hall–Kier alpha value is -2.56. The first kappa shape index (κ1) is 92.6. The average Bonchev–Trinajstić information content (AvgIpc) is 0.762. The third-order valence-electron chi connectivity index (χ3n) is 19.6. The molecule has 2 aliphatic heterocycles. The minimum absolute atomic E-state index is 0.0290. The van der Waals surface area contributed by atoms with Crippen LogP contribution in [0, 0.1) is 0 Å². The average molecular weight is 1470 g/mol. The number of carbonyl (C=O) groups is 3. The predicted octanol–water partition coefficient (Wildman–Crippen LogP) is 11.7. The predicted molar refractivity (Wildman–Crippen MR) is 384 cm³/mol. The van der Waals surface area contributed by atoms with Gasteiger partial charge >= 0.3 is 25.7 Å². The van der Waals surface area contributed by atoms with Gasteiger partial charge in [0.05, 0.1) is 13.2 Å². The number of allylic oxidation sites excluding steroid dienone is 3. The van der Waals surface area contributed by atoms with Crippen molar-refractivity contribution < 1.29 is 117 Å². The van der Waals surface area contributed by atoms with Crippen molar-refractivity contribution in [3.8, 4) is 0 Å². The smallest absolute Gasteiger partial charge is 0.463 e. The molecular formula is C76H139O24P. The third-order valence-corrected chi connectivity index (χ3v) is 20.6. The maximum atomic E-state index is 14.3. The molecule has 3 rings (SSSR count). The van der Waals surface area contributed by atoms with Gasteiger partial charge in [-0.1, -0.05) is 289 Å². The summed E-state index contributed by atoms with van der Waals surface area (Å²) in [7, 11) is -5.72. The molecule has 0 amide bonds. The normalized spacial score (nSPS) is 27.3. The number of hydrogen-bond acceptors (Lipinski definition) is 23. The van der Waals surface area contributed by atoms with Gasteiger partial charge in [0, 0.05) is 18.9 Å². The van der Waals surface area contributed by atoms with Crippen LogP contribution in [0.3, 0.4) is 0 Å². The van der Waals surface area contributed by atoms with E-state index in [-0.39, 0.29) is 12.8 Å². The lowest BCUT2D eigenvalue weighted by molar-refractivity contribution is -0.360. The van der Waals surface area contributed by atoms with Gasteiger partial charge in [-0.15, -0.1) is 0 Å². The molecule has 11 N–H and O–H groups in total. The van der Waals surface area contributed by atoms with Crippen molar-refractivity contribution >= 4 is 25.7 Å². The SMILES string of the molecule is CCCCCCCCCCCCC/C=C/C=C/C(=O)OC(COC(=O)CCCCCCCCCCCCCCCC)COP(=O)(O)OC1C(OC2OC(CO)C(O)C(O)C2O)C(O)C(O)C(O)C1OC1OC(COC(=O)CCCCCCCCCCCCCCCCCCC)C(O)C(O)C1O. The number of aliphatic hydroxyl groups is 10. The number of aliphatic hydroxyl groups excluding tert-OH is 10. The molecular weight excluding hydrogens is 1330 g/mol. The number of esters is 3. The number of rotatable bonds is 62. The fourth-order valence-electron chi connectivity index (χ4n) is 13.1. The van der Waals surface area contributed by atoms with E-state index >= 15 is 0 Å². The summed E-state index contributed by atoms with van der Waals surface area (Å²) in [6, 6.07) is 0. The zero-order valence-corrected chi connectivity index (χ0v) is 62.8. The number of hydrogen-bond donors (Lipinski definition) is 11. The first-order chi connectivity index (χ1) is 48.8. The Morgan fingerprint density at radius 3 is 1.15 bits per heavy atom. The van der Waals surface area contributed by atoms with Crippen molar-refractivity contribution in [2.75, 3.05) is 26.4 Å². The van der Waals surface area contributed by atoms with Gasteiger partial charge in [0.15, 0.2) is 18.7 Å². The Bertz CT molecular complexity index is 2180. The first-order valence-electron chi connectivity index (χ1n) is 39.7. The van der Waals surface area contributed by atoms with Crippen LogP contribution in [-0.2, 0) is 61.2 Å². The fraction of sp³-hybridized carbons (Fsp3) is 0.908. The standard InChI is InChI=1S/C76H139O24P/c1-4-7-10-13-16-19-22-25-28-29-31-33-36-39-42-45-48-51-61(79)93-56-59-64(82)66(84)71(89)76(97-59)99-73-69(87)67(85)68(86)72(98-75-70(88)65(83)63(81)58(53-77)96-75)74(73)100-101(90,91)94-55-57(54-92-60(78)50-47-44-41-38-35-32-27-24-21-18-15-12-9-6-3)95-62(80)52-49-46-43-40-37-34-30-26-23-20-17-14-11-8-5-2/h43,46,49,52,57-59,63-77,81-89H,4-42,44-45,47-48,50-51,53-56H2,1-3H3,(H,90,91)/b46-43+,52-49+. The Morgan fingerprint density at radius 2 is 0.752 bits per heavy atom. The van der Waals surface area contributed by atoms with Crippen molar-refractivity contribution in [3.05, 3.63) is 24.3 Å². The Labute approximate surface area is 605 Å². The van der Waals surface area contributed by atoms with Crippen LogP contribution in [0.4, 0.5) is 0 Å². The van der Waals surface area contributed by atoms with E-state index in [0.717, 1.165) is 96.0 Å². The molecule has 24 nitrogen and oxygen atoms in total. The molecule has 2 heterocycles. The van der Waals surface area contributed by atoms with Gasteiger partial charge in [-0.3, -0.25) is 18.6 Å². The van der Waals surface area contributed by atoms with E-state index in [0.29, 0.717) is 12.8 Å². The van der Waals surface area contributed by atoms with Crippen LogP contribution >= 0.6 is 7.82 Å². The summed E-state index contributed by atoms with van der Waals surface area (Å²) in [6.45, 7) is 3.37. The van der Waals surface area contributed by atoms with Gasteiger partial charge in [-0.2, -0.15) is 0 Å². The van der Waals surface area contributed by atoms with Crippen molar-refractivity contribution in [2.45, 2.75) is 414 Å². The molecule has 2 saturated heterocycles. The zero-order valence-electron chi connectivity index (χ0n) is 61.9. The largest absolute Gasteiger partial charge is 0.472 e. The summed E-state index contributed by atoms with van der Waals surface area (Å²) < 4.78 is 64.9. The topological polar surface area (TPSA) is 374 Å². The number of ether oxygens (including phenoxy) is 7. The maximum absolute atomic E-state index is 14.3. The van der Waals surface area contributed by atoms with Crippen molar-refractivity contribution in [1.82, 2.24) is 0 Å². The summed E-state index contributed by atoms with van der Waals surface area (Å²) >= 11 is 0. The van der Waals surface area contributed by atoms with Crippen LogP contribution in [0.2, 0.25) is 0 Å². The molecule has 18 unspecified atom stereocenters. The second-order valence-corrected chi connectivity index (χ2v) is 29.9. The molecule has 3 aliphatic rings. The van der Waals surface area contributed by atoms with Gasteiger partial charge in [0.2, 0.25) is 0 Å². The second-order valence-electron chi connectivity index (χ2n) is 28.5. The first-order valence-corrected chi connectivity index (χ1v) is 41.2. The summed E-state index contributed by atoms with van der Waals surface area (Å²) in [4.78, 5) is 50.9. The minimum Gasteiger partial charge on any atom is -0.463 e. The van der Waals surface area contributed by atoms with E-state index in [4.69, 9.17) is 42.2 Å². The highest BCUT2D eigenvalue weighted by Crippen LogP contribution is 2.49. The molecule has 592 valence electrons. The molecule has 18 atom stereocenters. The molecule has 101 heavy (non-hydrogen) atoms. The van der Waals surface area contributed by atoms with E-state index in [1.54, 1.807) is 6.08 Å². The number of unbranched alkanes of at least 4 members (excludes halogenated alkanes) is 40. The fourth-order valence-corrected chi connectivity index (χ4v) is 14.1. The molecule has 0 aromatic rings. The summed E-state index contributed by atoms with van der Waals surface area (Å²) in [5.74, 6) is -2.23. The van der Waals surface area contributed by atoms with Crippen LogP contribution in [0.5, 0.6) is 0 Å². The van der Waals surface area contributed by atoms with Crippen molar-refractivity contribution in [2.24, 2.45) is 0 Å². The van der Waals surface area contributed by atoms with Crippen LogP contribution in [-0.4, -0.2) is 204 Å². The van der Waals surface area contributed by atoms with Gasteiger partial charge in [0.25, 0.3) is 0 Å². The molecule has 0 aromatic heterocycles.